The normalized spacial score (nSPS) is 21.4. The summed E-state index contributed by atoms with van der Waals surface area (Å²) in [7, 11) is 1.73. The van der Waals surface area contributed by atoms with Gasteiger partial charge in [0.25, 0.3) is 0 Å². The molecule has 0 aliphatic heterocycles. The molecule has 0 saturated heterocycles. The highest BCUT2D eigenvalue weighted by molar-refractivity contribution is 9.10. The number of aliphatic hydroxyl groups is 1. The molecule has 2 rings (SSSR count). The van der Waals surface area contributed by atoms with Gasteiger partial charge in [0.05, 0.1) is 11.7 Å². The lowest BCUT2D eigenvalue weighted by molar-refractivity contribution is -0.122. The summed E-state index contributed by atoms with van der Waals surface area (Å²) >= 11 is 5.13. The molecule has 1 aliphatic rings. The van der Waals surface area contributed by atoms with E-state index in [9.17, 15) is 5.11 Å². The monoisotopic (exact) mass is 318 g/mol. The zero-order valence-electron chi connectivity index (χ0n) is 10.1. The maximum Gasteiger partial charge on any atom is 0.0939 e. The highest BCUT2D eigenvalue weighted by Gasteiger charge is 2.39. The van der Waals surface area contributed by atoms with E-state index >= 15 is 0 Å². The van der Waals surface area contributed by atoms with Crippen LogP contribution in [-0.2, 0) is 11.2 Å². The van der Waals surface area contributed by atoms with Crippen molar-refractivity contribution in [2.75, 3.05) is 7.11 Å². The second kappa shape index (κ2) is 5.83. The van der Waals surface area contributed by atoms with E-state index in [0.29, 0.717) is 6.42 Å². The van der Waals surface area contributed by atoms with Crippen LogP contribution in [0.15, 0.2) is 15.9 Å². The molecule has 0 aromatic carbocycles. The topological polar surface area (TPSA) is 29.5 Å². The summed E-state index contributed by atoms with van der Waals surface area (Å²) in [5.74, 6) is 0. The molecule has 4 heteroatoms. The lowest BCUT2D eigenvalue weighted by Crippen LogP contribution is -2.46. The Bertz CT molecular complexity index is 358. The Morgan fingerprint density at radius 2 is 2.18 bits per heavy atom. The van der Waals surface area contributed by atoms with Gasteiger partial charge in [-0.15, -0.1) is 11.3 Å². The first-order valence-corrected chi connectivity index (χ1v) is 7.80. The van der Waals surface area contributed by atoms with Gasteiger partial charge in [-0.2, -0.15) is 0 Å². The molecular weight excluding hydrogens is 300 g/mol. The van der Waals surface area contributed by atoms with Crippen molar-refractivity contribution in [3.05, 3.63) is 20.8 Å². The van der Waals surface area contributed by atoms with Gasteiger partial charge in [0.15, 0.2) is 0 Å². The molecule has 0 bridgehead atoms. The van der Waals surface area contributed by atoms with Crippen molar-refractivity contribution in [2.45, 2.75) is 50.2 Å². The number of halogens is 1. The third-order valence-electron chi connectivity index (χ3n) is 3.73. The molecule has 96 valence electrons. The van der Waals surface area contributed by atoms with Gasteiger partial charge in [-0.1, -0.05) is 19.3 Å². The fourth-order valence-corrected chi connectivity index (χ4v) is 4.15. The van der Waals surface area contributed by atoms with Crippen LogP contribution < -0.4 is 0 Å². The second-order valence-corrected chi connectivity index (χ2v) is 6.69. The van der Waals surface area contributed by atoms with Crippen LogP contribution in [0, 0.1) is 0 Å². The largest absolute Gasteiger partial charge is 0.390 e. The van der Waals surface area contributed by atoms with Crippen LogP contribution in [0.25, 0.3) is 0 Å². The molecule has 1 aliphatic carbocycles. The predicted molar refractivity (Wildman–Crippen MR) is 74.6 cm³/mol. The molecule has 1 heterocycles. The summed E-state index contributed by atoms with van der Waals surface area (Å²) < 4.78 is 6.76. The Kier molecular flexibility index (Phi) is 4.64. The minimum Gasteiger partial charge on any atom is -0.390 e. The lowest BCUT2D eigenvalue weighted by atomic mass is 9.79. The smallest absolute Gasteiger partial charge is 0.0939 e. The van der Waals surface area contributed by atoms with Crippen LogP contribution in [-0.4, -0.2) is 23.9 Å². The van der Waals surface area contributed by atoms with Crippen LogP contribution in [0.3, 0.4) is 0 Å². The zero-order chi connectivity index (χ0) is 12.3. The van der Waals surface area contributed by atoms with Crippen LogP contribution in [0.1, 0.15) is 37.0 Å². The van der Waals surface area contributed by atoms with Gasteiger partial charge < -0.3 is 9.84 Å². The number of hydrogen-bond donors (Lipinski definition) is 1. The van der Waals surface area contributed by atoms with Gasteiger partial charge >= 0.3 is 0 Å². The minimum atomic E-state index is -0.390. The third kappa shape index (κ3) is 3.11. The molecule has 0 spiro atoms. The third-order valence-corrected chi connectivity index (χ3v) is 5.45. The Morgan fingerprint density at radius 1 is 1.47 bits per heavy atom. The molecule has 1 atom stereocenters. The van der Waals surface area contributed by atoms with Gasteiger partial charge in [-0.05, 0) is 34.8 Å². The minimum absolute atomic E-state index is 0.311. The first-order chi connectivity index (χ1) is 8.16. The predicted octanol–water partition coefficient (Wildman–Crippen LogP) is 3.76. The highest BCUT2D eigenvalue weighted by atomic mass is 79.9. The summed E-state index contributed by atoms with van der Waals surface area (Å²) in [4.78, 5) is 1.21. The molecule has 17 heavy (non-hydrogen) atoms. The average molecular weight is 319 g/mol. The van der Waals surface area contributed by atoms with E-state index < -0.39 is 6.10 Å². The van der Waals surface area contributed by atoms with Gasteiger partial charge in [-0.3, -0.25) is 0 Å². The maximum atomic E-state index is 10.5. The molecule has 0 amide bonds. The second-order valence-electron chi connectivity index (χ2n) is 4.78. The molecule has 0 radical (unpaired) electrons. The zero-order valence-corrected chi connectivity index (χ0v) is 12.5. The van der Waals surface area contributed by atoms with Crippen LogP contribution in [0.2, 0.25) is 0 Å². The van der Waals surface area contributed by atoms with E-state index in [2.05, 4.69) is 27.4 Å². The van der Waals surface area contributed by atoms with Gasteiger partial charge in [0.2, 0.25) is 0 Å². The number of thiophene rings is 1. The Balaban J connectivity index is 2.04. The van der Waals surface area contributed by atoms with Crippen molar-refractivity contribution in [3.63, 3.8) is 0 Å². The number of aliphatic hydroxyl groups excluding tert-OH is 1. The van der Waals surface area contributed by atoms with Gasteiger partial charge in [-0.25, -0.2) is 0 Å². The van der Waals surface area contributed by atoms with E-state index in [1.165, 1.54) is 24.1 Å². The molecule has 1 aromatic rings. The summed E-state index contributed by atoms with van der Waals surface area (Å²) in [5, 5.41) is 12.5. The Labute approximate surface area is 115 Å². The molecule has 1 unspecified atom stereocenters. The lowest BCUT2D eigenvalue weighted by Gasteiger charge is -2.39. The Hall–Kier alpha value is 0.1000. The fraction of sp³-hybridized carbons (Fsp3) is 0.692. The van der Waals surface area contributed by atoms with Crippen LogP contribution in [0.4, 0.5) is 0 Å². The quantitative estimate of drug-likeness (QED) is 0.915. The molecule has 1 fully saturated rings. The number of ether oxygens (including phenoxy) is 1. The SMILES string of the molecule is COC1(C(O)Cc2cc(Br)cs2)CCCCC1. The van der Waals surface area contributed by atoms with Crippen LogP contribution >= 0.6 is 27.3 Å². The highest BCUT2D eigenvalue weighted by Crippen LogP contribution is 2.36. The standard InChI is InChI=1S/C13H19BrO2S/c1-16-13(5-3-2-4-6-13)12(15)8-11-7-10(14)9-17-11/h7,9,12,15H,2-6,8H2,1H3. The molecular formula is C13H19BrO2S. The first-order valence-electron chi connectivity index (χ1n) is 6.12. The molecule has 1 aromatic heterocycles. The van der Waals surface area contributed by atoms with Gasteiger partial charge in [0, 0.05) is 28.3 Å². The summed E-state index contributed by atoms with van der Waals surface area (Å²) in [5.41, 5.74) is -0.311. The van der Waals surface area contributed by atoms with Crippen molar-refractivity contribution in [1.82, 2.24) is 0 Å². The fourth-order valence-electron chi connectivity index (χ4n) is 2.66. The van der Waals surface area contributed by atoms with E-state index in [0.717, 1.165) is 17.3 Å². The average Bonchev–Trinajstić information content (AvgIpc) is 2.75. The van der Waals surface area contributed by atoms with Crippen molar-refractivity contribution in [2.24, 2.45) is 0 Å². The molecule has 2 nitrogen and oxygen atoms in total. The molecule has 1 saturated carbocycles. The summed E-state index contributed by atoms with van der Waals surface area (Å²) in [6, 6.07) is 2.08. The maximum absolute atomic E-state index is 10.5. The van der Waals surface area contributed by atoms with Crippen molar-refractivity contribution < 1.29 is 9.84 Å². The van der Waals surface area contributed by atoms with E-state index in [1.807, 2.05) is 0 Å². The van der Waals surface area contributed by atoms with Crippen molar-refractivity contribution in [3.8, 4) is 0 Å². The van der Waals surface area contributed by atoms with E-state index in [4.69, 9.17) is 4.74 Å². The number of hydrogen-bond acceptors (Lipinski definition) is 3. The number of methoxy groups -OCH3 is 1. The molecule has 1 N–H and O–H groups in total. The summed E-state index contributed by atoms with van der Waals surface area (Å²) in [6.45, 7) is 0. The first kappa shape index (κ1) is 13.5. The van der Waals surface area contributed by atoms with Crippen LogP contribution in [0.5, 0.6) is 0 Å². The van der Waals surface area contributed by atoms with E-state index in [-0.39, 0.29) is 5.60 Å². The summed E-state index contributed by atoms with van der Waals surface area (Å²) in [6.07, 6.45) is 5.87. The van der Waals surface area contributed by atoms with E-state index in [1.54, 1.807) is 18.4 Å². The van der Waals surface area contributed by atoms with Crippen molar-refractivity contribution in [1.29, 1.82) is 0 Å². The Morgan fingerprint density at radius 3 is 2.71 bits per heavy atom. The van der Waals surface area contributed by atoms with Crippen molar-refractivity contribution >= 4 is 27.3 Å². The number of rotatable bonds is 4. The van der Waals surface area contributed by atoms with Gasteiger partial charge in [0.1, 0.15) is 0 Å².